The molecule has 2 heterocycles. The number of rotatable bonds is 6. The average Bonchev–Trinajstić information content (AvgIpc) is 2.88. The minimum atomic E-state index is -3.62. The molecule has 0 aromatic heterocycles. The number of nitriles is 1. The number of hydrogen-bond acceptors (Lipinski definition) is 6. The maximum absolute atomic E-state index is 12.9. The minimum Gasteiger partial charge on any atom is -0.378 e. The van der Waals surface area contributed by atoms with Crippen LogP contribution in [0, 0.1) is 11.3 Å². The second-order valence-electron chi connectivity index (χ2n) is 8.31. The Kier molecular flexibility index (Phi) is 7.63. The first kappa shape index (κ1) is 24.0. The second kappa shape index (κ2) is 10.8. The average molecular weight is 481 g/mol. The number of nitrogens with zero attached hydrogens (tertiary/aromatic N) is 3. The molecule has 2 fully saturated rings. The molecule has 1 N–H and O–H groups in total. The van der Waals surface area contributed by atoms with E-state index < -0.39 is 15.9 Å². The number of benzene rings is 2. The number of nitrogens with one attached hydrogen (secondary N) is 1. The Morgan fingerprint density at radius 2 is 1.71 bits per heavy atom. The van der Waals surface area contributed by atoms with Crippen LogP contribution >= 0.6 is 0 Å². The van der Waals surface area contributed by atoms with Crippen LogP contribution in [-0.2, 0) is 19.6 Å². The zero-order valence-corrected chi connectivity index (χ0v) is 19.8. The number of sulfonamides is 1. The smallest absolute Gasteiger partial charge is 0.266 e. The van der Waals surface area contributed by atoms with Gasteiger partial charge in [-0.15, -0.1) is 0 Å². The van der Waals surface area contributed by atoms with Gasteiger partial charge in [0, 0.05) is 37.6 Å². The summed E-state index contributed by atoms with van der Waals surface area (Å²) in [7, 11) is -3.62. The molecule has 178 valence electrons. The van der Waals surface area contributed by atoms with Crippen LogP contribution in [0.15, 0.2) is 59.0 Å². The molecule has 8 nitrogen and oxygen atoms in total. The highest BCUT2D eigenvalue weighted by molar-refractivity contribution is 7.89. The summed E-state index contributed by atoms with van der Waals surface area (Å²) >= 11 is 0. The zero-order valence-electron chi connectivity index (χ0n) is 18.9. The SMILES string of the molecule is N#C/C(=C\c1ccc(N2CCOCC2)cc1)C(=O)Nc1cccc(S(=O)(=O)N2CCCCC2)c1. The first-order valence-corrected chi connectivity index (χ1v) is 12.9. The van der Waals surface area contributed by atoms with E-state index in [1.165, 1.54) is 22.5 Å². The first-order chi connectivity index (χ1) is 16.5. The molecule has 2 aliphatic heterocycles. The zero-order chi connectivity index (χ0) is 24.0. The molecule has 2 aromatic carbocycles. The third-order valence-electron chi connectivity index (χ3n) is 5.99. The van der Waals surface area contributed by atoms with Crippen molar-refractivity contribution in [3.05, 3.63) is 59.7 Å². The highest BCUT2D eigenvalue weighted by atomic mass is 32.2. The van der Waals surface area contributed by atoms with Crippen molar-refractivity contribution in [2.24, 2.45) is 0 Å². The van der Waals surface area contributed by atoms with Gasteiger partial charge in [0.2, 0.25) is 10.0 Å². The predicted octanol–water partition coefficient (Wildman–Crippen LogP) is 3.24. The lowest BCUT2D eigenvalue weighted by molar-refractivity contribution is -0.112. The van der Waals surface area contributed by atoms with Gasteiger partial charge in [0.15, 0.2) is 0 Å². The van der Waals surface area contributed by atoms with Gasteiger partial charge in [-0.3, -0.25) is 4.79 Å². The number of carbonyl (C=O) groups excluding carboxylic acids is 1. The third-order valence-corrected chi connectivity index (χ3v) is 7.88. The van der Waals surface area contributed by atoms with Crippen LogP contribution in [0.1, 0.15) is 24.8 Å². The highest BCUT2D eigenvalue weighted by Gasteiger charge is 2.26. The van der Waals surface area contributed by atoms with Gasteiger partial charge in [0.25, 0.3) is 5.91 Å². The third kappa shape index (κ3) is 5.65. The molecule has 0 atom stereocenters. The topological polar surface area (TPSA) is 103 Å². The van der Waals surface area contributed by atoms with Crippen LogP contribution in [0.4, 0.5) is 11.4 Å². The molecule has 0 radical (unpaired) electrons. The Morgan fingerprint density at radius 3 is 2.38 bits per heavy atom. The van der Waals surface area contributed by atoms with Crippen molar-refractivity contribution in [2.75, 3.05) is 49.6 Å². The van der Waals surface area contributed by atoms with Crippen LogP contribution in [0.25, 0.3) is 6.08 Å². The van der Waals surface area contributed by atoms with E-state index in [1.807, 2.05) is 30.3 Å². The molecule has 34 heavy (non-hydrogen) atoms. The van der Waals surface area contributed by atoms with Crippen molar-refractivity contribution in [3.63, 3.8) is 0 Å². The Balaban J connectivity index is 1.46. The fraction of sp³-hybridized carbons (Fsp3) is 0.360. The molecule has 0 bridgehead atoms. The Bertz CT molecular complexity index is 1190. The number of amides is 1. The molecule has 0 unspecified atom stereocenters. The van der Waals surface area contributed by atoms with Gasteiger partial charge in [0.05, 0.1) is 18.1 Å². The van der Waals surface area contributed by atoms with Crippen LogP contribution < -0.4 is 10.2 Å². The van der Waals surface area contributed by atoms with E-state index in [4.69, 9.17) is 4.74 Å². The van der Waals surface area contributed by atoms with Crippen molar-refractivity contribution >= 4 is 33.4 Å². The van der Waals surface area contributed by atoms with E-state index >= 15 is 0 Å². The van der Waals surface area contributed by atoms with Gasteiger partial charge >= 0.3 is 0 Å². The maximum atomic E-state index is 12.9. The van der Waals surface area contributed by atoms with Crippen molar-refractivity contribution < 1.29 is 17.9 Å². The van der Waals surface area contributed by atoms with Crippen LogP contribution in [0.2, 0.25) is 0 Å². The molecular weight excluding hydrogens is 452 g/mol. The molecule has 2 saturated heterocycles. The van der Waals surface area contributed by atoms with Crippen molar-refractivity contribution in [1.29, 1.82) is 5.26 Å². The van der Waals surface area contributed by atoms with E-state index in [0.29, 0.717) is 32.0 Å². The van der Waals surface area contributed by atoms with E-state index in [9.17, 15) is 18.5 Å². The van der Waals surface area contributed by atoms with Gasteiger partial charge < -0.3 is 15.0 Å². The summed E-state index contributed by atoms with van der Waals surface area (Å²) in [6, 6.07) is 15.7. The molecule has 2 aromatic rings. The van der Waals surface area contributed by atoms with Gasteiger partial charge in [0.1, 0.15) is 11.6 Å². The number of morpholine rings is 1. The Labute approximate surface area is 200 Å². The fourth-order valence-electron chi connectivity index (χ4n) is 4.11. The predicted molar refractivity (Wildman–Crippen MR) is 131 cm³/mol. The molecule has 9 heteroatoms. The van der Waals surface area contributed by atoms with Gasteiger partial charge in [-0.25, -0.2) is 8.42 Å². The summed E-state index contributed by atoms with van der Waals surface area (Å²) in [6.07, 6.45) is 4.24. The summed E-state index contributed by atoms with van der Waals surface area (Å²) in [6.45, 7) is 4.05. The number of ether oxygens (including phenoxy) is 1. The quantitative estimate of drug-likeness (QED) is 0.503. The molecule has 0 spiro atoms. The molecular formula is C25H28N4O4S. The maximum Gasteiger partial charge on any atom is 0.266 e. The number of anilines is 2. The van der Waals surface area contributed by atoms with Gasteiger partial charge in [-0.2, -0.15) is 9.57 Å². The van der Waals surface area contributed by atoms with E-state index in [-0.39, 0.29) is 10.5 Å². The Morgan fingerprint density at radius 1 is 1.00 bits per heavy atom. The minimum absolute atomic E-state index is 0.0663. The summed E-state index contributed by atoms with van der Waals surface area (Å²) in [4.78, 5) is 15.1. The molecule has 2 aliphatic rings. The number of hydrogen-bond donors (Lipinski definition) is 1. The normalized spacial score (nSPS) is 17.7. The second-order valence-corrected chi connectivity index (χ2v) is 10.2. The fourth-order valence-corrected chi connectivity index (χ4v) is 5.67. The standard InChI is InChI=1S/C25H28N4O4S/c26-19-21(17-20-7-9-23(10-8-20)28-13-15-33-16-14-28)25(30)27-22-5-4-6-24(18-22)34(31,32)29-11-2-1-3-12-29/h4-10,17-18H,1-3,11-16H2,(H,27,30)/b21-17+. The number of carbonyl (C=O) groups is 1. The van der Waals surface area contributed by atoms with Crippen molar-refractivity contribution in [2.45, 2.75) is 24.2 Å². The van der Waals surface area contributed by atoms with Crippen molar-refractivity contribution in [1.82, 2.24) is 4.31 Å². The summed E-state index contributed by atoms with van der Waals surface area (Å²) in [5, 5.41) is 12.2. The lowest BCUT2D eigenvalue weighted by Gasteiger charge is -2.28. The number of piperidine rings is 1. The molecule has 0 saturated carbocycles. The first-order valence-electron chi connectivity index (χ1n) is 11.4. The lowest BCUT2D eigenvalue weighted by atomic mass is 10.1. The van der Waals surface area contributed by atoms with E-state index in [0.717, 1.165) is 43.6 Å². The lowest BCUT2D eigenvalue weighted by Crippen LogP contribution is -2.36. The van der Waals surface area contributed by atoms with Crippen LogP contribution in [0.5, 0.6) is 0 Å². The largest absolute Gasteiger partial charge is 0.378 e. The molecule has 4 rings (SSSR count). The van der Waals surface area contributed by atoms with E-state index in [2.05, 4.69) is 10.2 Å². The van der Waals surface area contributed by atoms with Crippen LogP contribution in [-0.4, -0.2) is 58.0 Å². The van der Waals surface area contributed by atoms with Gasteiger partial charge in [-0.1, -0.05) is 24.6 Å². The highest BCUT2D eigenvalue weighted by Crippen LogP contribution is 2.23. The Hall–Kier alpha value is -3.19. The van der Waals surface area contributed by atoms with E-state index in [1.54, 1.807) is 12.1 Å². The molecule has 0 aliphatic carbocycles. The summed E-state index contributed by atoms with van der Waals surface area (Å²) in [5.41, 5.74) is 2.05. The van der Waals surface area contributed by atoms with Crippen molar-refractivity contribution in [3.8, 4) is 6.07 Å². The summed E-state index contributed by atoms with van der Waals surface area (Å²) in [5.74, 6) is -0.590. The molecule has 1 amide bonds. The van der Waals surface area contributed by atoms with Gasteiger partial charge in [-0.05, 0) is 54.8 Å². The van der Waals surface area contributed by atoms with Crippen LogP contribution in [0.3, 0.4) is 0 Å². The summed E-state index contributed by atoms with van der Waals surface area (Å²) < 4.78 is 32.7. The monoisotopic (exact) mass is 480 g/mol.